The number of aromatic nitrogens is 5. The first-order chi connectivity index (χ1) is 15.0. The number of ether oxygens (including phenoxy) is 1. The second kappa shape index (κ2) is 6.84. The Morgan fingerprint density at radius 1 is 1.03 bits per heavy atom. The standard InChI is InChI=1S/C22H17N5O4/c1-11-16-17(12-8-9-15(31-2)14(28)10-12)18-19(24-22(30)25-21(18)29)23-20(16)27(26-11)13-6-4-3-5-7-13/h3-10,28H,1-2H3,(H2,23,24,25,29,30). The molecule has 0 atom stereocenters. The van der Waals surface area contributed by atoms with Crippen LogP contribution in [0.4, 0.5) is 0 Å². The number of nitrogens with zero attached hydrogens (tertiary/aromatic N) is 3. The van der Waals surface area contributed by atoms with Crippen molar-refractivity contribution in [2.75, 3.05) is 7.11 Å². The topological polar surface area (TPSA) is 126 Å². The molecule has 2 aromatic carbocycles. The van der Waals surface area contributed by atoms with E-state index in [2.05, 4.69) is 20.1 Å². The molecule has 0 aliphatic rings. The van der Waals surface area contributed by atoms with Gasteiger partial charge in [0.05, 0.1) is 29.3 Å². The van der Waals surface area contributed by atoms with Crippen LogP contribution in [-0.2, 0) is 0 Å². The third-order valence-corrected chi connectivity index (χ3v) is 5.14. The van der Waals surface area contributed by atoms with E-state index in [0.29, 0.717) is 33.6 Å². The fourth-order valence-corrected chi connectivity index (χ4v) is 3.82. The summed E-state index contributed by atoms with van der Waals surface area (Å²) in [5.74, 6) is 0.226. The number of aromatic hydroxyl groups is 1. The van der Waals surface area contributed by atoms with Crippen molar-refractivity contribution >= 4 is 22.1 Å². The van der Waals surface area contributed by atoms with Crippen molar-refractivity contribution in [1.29, 1.82) is 0 Å². The molecule has 5 aromatic rings. The number of nitrogens with one attached hydrogen (secondary N) is 2. The molecule has 0 aliphatic heterocycles. The molecule has 3 aromatic heterocycles. The lowest BCUT2D eigenvalue weighted by Gasteiger charge is -2.11. The van der Waals surface area contributed by atoms with Crippen LogP contribution in [0, 0.1) is 6.92 Å². The fraction of sp³-hybridized carbons (Fsp3) is 0.0909. The second-order valence-electron chi connectivity index (χ2n) is 7.04. The molecule has 0 fully saturated rings. The Morgan fingerprint density at radius 2 is 1.81 bits per heavy atom. The molecular formula is C22H17N5O4. The number of pyridine rings is 1. The molecule has 3 N–H and O–H groups in total. The molecule has 0 saturated carbocycles. The van der Waals surface area contributed by atoms with Crippen molar-refractivity contribution in [3.63, 3.8) is 0 Å². The van der Waals surface area contributed by atoms with Crippen LogP contribution < -0.4 is 16.0 Å². The van der Waals surface area contributed by atoms with Gasteiger partial charge in [-0.2, -0.15) is 5.10 Å². The zero-order chi connectivity index (χ0) is 21.7. The van der Waals surface area contributed by atoms with E-state index in [1.807, 2.05) is 37.3 Å². The highest BCUT2D eigenvalue weighted by Crippen LogP contribution is 2.38. The van der Waals surface area contributed by atoms with E-state index >= 15 is 0 Å². The van der Waals surface area contributed by atoms with Crippen LogP contribution in [0.15, 0.2) is 58.1 Å². The lowest BCUT2D eigenvalue weighted by molar-refractivity contribution is 0.373. The normalized spacial score (nSPS) is 11.3. The number of aryl methyl sites for hydroxylation is 1. The van der Waals surface area contributed by atoms with Gasteiger partial charge < -0.3 is 9.84 Å². The van der Waals surface area contributed by atoms with Crippen molar-refractivity contribution in [3.05, 3.63) is 75.1 Å². The number of hydrogen-bond donors (Lipinski definition) is 3. The van der Waals surface area contributed by atoms with Crippen LogP contribution in [0.5, 0.6) is 11.5 Å². The Labute approximate surface area is 174 Å². The molecule has 154 valence electrons. The highest BCUT2D eigenvalue weighted by Gasteiger charge is 2.22. The molecular weight excluding hydrogens is 398 g/mol. The van der Waals surface area contributed by atoms with Crippen LogP contribution in [0.3, 0.4) is 0 Å². The van der Waals surface area contributed by atoms with E-state index in [0.717, 1.165) is 5.69 Å². The maximum Gasteiger partial charge on any atom is 0.327 e. The van der Waals surface area contributed by atoms with E-state index in [1.54, 1.807) is 16.8 Å². The average molecular weight is 415 g/mol. The number of rotatable bonds is 3. The first kappa shape index (κ1) is 18.6. The SMILES string of the molecule is COc1ccc(-c2c3c(C)nn(-c4ccccc4)c3nc3[nH]c(=O)[nH]c(=O)c23)cc1O. The molecule has 0 radical (unpaired) electrons. The van der Waals surface area contributed by atoms with Gasteiger partial charge in [0.25, 0.3) is 5.56 Å². The number of methoxy groups -OCH3 is 1. The van der Waals surface area contributed by atoms with Crippen LogP contribution in [0.25, 0.3) is 38.9 Å². The van der Waals surface area contributed by atoms with Crippen LogP contribution in [-0.4, -0.2) is 36.9 Å². The van der Waals surface area contributed by atoms with Gasteiger partial charge in [0.1, 0.15) is 5.65 Å². The van der Waals surface area contributed by atoms with Gasteiger partial charge >= 0.3 is 5.69 Å². The van der Waals surface area contributed by atoms with Crippen molar-refractivity contribution in [1.82, 2.24) is 24.7 Å². The van der Waals surface area contributed by atoms with E-state index in [-0.39, 0.29) is 16.8 Å². The van der Waals surface area contributed by atoms with Gasteiger partial charge in [-0.1, -0.05) is 24.3 Å². The number of phenolic OH excluding ortho intramolecular Hbond substituents is 1. The summed E-state index contributed by atoms with van der Waals surface area (Å²) in [6.45, 7) is 1.82. The first-order valence-electron chi connectivity index (χ1n) is 9.46. The molecule has 0 aliphatic carbocycles. The van der Waals surface area contributed by atoms with Gasteiger partial charge in [0.15, 0.2) is 17.1 Å². The molecule has 0 spiro atoms. The molecule has 3 heterocycles. The van der Waals surface area contributed by atoms with Gasteiger partial charge in [-0.3, -0.25) is 14.8 Å². The van der Waals surface area contributed by atoms with Crippen LogP contribution in [0.2, 0.25) is 0 Å². The first-order valence-corrected chi connectivity index (χ1v) is 9.46. The molecule has 0 amide bonds. The molecule has 0 unspecified atom stereocenters. The fourth-order valence-electron chi connectivity index (χ4n) is 3.82. The quantitative estimate of drug-likeness (QED) is 0.416. The number of aromatic amines is 2. The number of benzene rings is 2. The van der Waals surface area contributed by atoms with Gasteiger partial charge in [-0.05, 0) is 36.8 Å². The highest BCUT2D eigenvalue weighted by molar-refractivity contribution is 6.08. The Hall–Kier alpha value is -4.40. The lowest BCUT2D eigenvalue weighted by Crippen LogP contribution is -2.23. The third kappa shape index (κ3) is 2.86. The van der Waals surface area contributed by atoms with Gasteiger partial charge in [0.2, 0.25) is 0 Å². The van der Waals surface area contributed by atoms with E-state index in [9.17, 15) is 14.7 Å². The largest absolute Gasteiger partial charge is 0.504 e. The summed E-state index contributed by atoms with van der Waals surface area (Å²) < 4.78 is 6.80. The maximum atomic E-state index is 12.8. The number of fused-ring (bicyclic) bond motifs is 2. The summed E-state index contributed by atoms with van der Waals surface area (Å²) in [6, 6.07) is 14.3. The summed E-state index contributed by atoms with van der Waals surface area (Å²) in [7, 11) is 1.46. The highest BCUT2D eigenvalue weighted by atomic mass is 16.5. The molecule has 31 heavy (non-hydrogen) atoms. The monoisotopic (exact) mass is 415 g/mol. The number of para-hydroxylation sites is 1. The van der Waals surface area contributed by atoms with Crippen molar-refractivity contribution < 1.29 is 9.84 Å². The summed E-state index contributed by atoms with van der Waals surface area (Å²) in [6.07, 6.45) is 0. The summed E-state index contributed by atoms with van der Waals surface area (Å²) in [5.41, 5.74) is 1.86. The van der Waals surface area contributed by atoms with E-state index in [1.165, 1.54) is 13.2 Å². The average Bonchev–Trinajstić information content (AvgIpc) is 3.08. The van der Waals surface area contributed by atoms with Crippen LogP contribution in [0.1, 0.15) is 5.69 Å². The van der Waals surface area contributed by atoms with Crippen molar-refractivity contribution in [2.45, 2.75) is 6.92 Å². The van der Waals surface area contributed by atoms with Crippen molar-refractivity contribution in [3.8, 4) is 28.3 Å². The third-order valence-electron chi connectivity index (χ3n) is 5.14. The Kier molecular flexibility index (Phi) is 4.11. The van der Waals surface area contributed by atoms with Gasteiger partial charge in [-0.15, -0.1) is 0 Å². The predicted octanol–water partition coefficient (Wildman–Crippen LogP) is 2.64. The smallest absolute Gasteiger partial charge is 0.327 e. The van der Waals surface area contributed by atoms with E-state index in [4.69, 9.17) is 4.74 Å². The number of H-pyrrole nitrogens is 2. The number of phenols is 1. The summed E-state index contributed by atoms with van der Waals surface area (Å²) in [5, 5.41) is 15.8. The second-order valence-corrected chi connectivity index (χ2v) is 7.04. The van der Waals surface area contributed by atoms with Gasteiger partial charge in [-0.25, -0.2) is 14.5 Å². The maximum absolute atomic E-state index is 12.8. The van der Waals surface area contributed by atoms with Gasteiger partial charge in [0, 0.05) is 5.56 Å². The molecule has 5 rings (SSSR count). The Bertz CT molecular complexity index is 1580. The van der Waals surface area contributed by atoms with Crippen molar-refractivity contribution in [2.24, 2.45) is 0 Å². The molecule has 9 nitrogen and oxygen atoms in total. The lowest BCUT2D eigenvalue weighted by atomic mass is 9.98. The van der Waals surface area contributed by atoms with Crippen LogP contribution >= 0.6 is 0 Å². The number of hydrogen-bond acceptors (Lipinski definition) is 6. The zero-order valence-corrected chi connectivity index (χ0v) is 16.6. The minimum atomic E-state index is -0.657. The summed E-state index contributed by atoms with van der Waals surface area (Å²) in [4.78, 5) is 34.2. The molecule has 9 heteroatoms. The Balaban J connectivity index is 1.98. The molecule has 0 saturated heterocycles. The zero-order valence-electron chi connectivity index (χ0n) is 16.6. The van der Waals surface area contributed by atoms with E-state index < -0.39 is 11.2 Å². The molecule has 0 bridgehead atoms. The summed E-state index contributed by atoms with van der Waals surface area (Å²) >= 11 is 0. The minimum Gasteiger partial charge on any atom is -0.504 e. The predicted molar refractivity (Wildman–Crippen MR) is 116 cm³/mol. The minimum absolute atomic E-state index is 0.0768. The Morgan fingerprint density at radius 3 is 2.52 bits per heavy atom.